The molecule has 2 aliphatic rings. The SMILES string of the molecule is O=C(Nc1cccc(-c2cccc(Nc3nc(C(F)F)nc4cccnc34)c2Cl)c1Cl)c1cc2n(n1)CCC[C@@H]2N1CCCCC1. The number of alkyl halides is 2. The van der Waals surface area contributed by atoms with Crippen molar-refractivity contribution in [3.05, 3.63) is 88.1 Å². The Morgan fingerprint density at radius 3 is 2.39 bits per heavy atom. The fourth-order valence-corrected chi connectivity index (χ4v) is 6.88. The van der Waals surface area contributed by atoms with Gasteiger partial charge in [0, 0.05) is 23.9 Å². The standard InChI is InChI=1S/C33H30Cl2F2N8O/c34-27-19(8-4-10-21(27)39-31-29-23(12-6-14-38-29)40-32(42-31)30(36)37)20-9-5-11-22(28(20)35)41-33(46)24-18-26-25(13-7-17-45(26)43-24)44-15-2-1-3-16-44/h4-6,8-12,14,18,25,30H,1-3,7,13,15-17H2,(H,41,46)(H,39,40,42)/t25-/m0/s1. The number of aromatic nitrogens is 5. The first kappa shape index (κ1) is 30.5. The summed E-state index contributed by atoms with van der Waals surface area (Å²) < 4.78 is 29.1. The van der Waals surface area contributed by atoms with Crippen LogP contribution in [0.3, 0.4) is 0 Å². The van der Waals surface area contributed by atoms with Gasteiger partial charge < -0.3 is 10.6 Å². The lowest BCUT2D eigenvalue weighted by molar-refractivity contribution is 0.102. The molecule has 9 nitrogen and oxygen atoms in total. The Balaban J connectivity index is 1.15. The Morgan fingerprint density at radius 2 is 1.63 bits per heavy atom. The van der Waals surface area contributed by atoms with E-state index in [0.717, 1.165) is 38.2 Å². The average molecular weight is 664 g/mol. The van der Waals surface area contributed by atoms with Crippen molar-refractivity contribution in [2.24, 2.45) is 0 Å². The number of hydrogen-bond donors (Lipinski definition) is 2. The summed E-state index contributed by atoms with van der Waals surface area (Å²) in [6, 6.07) is 15.9. The second kappa shape index (κ2) is 12.9. The Morgan fingerprint density at radius 1 is 0.891 bits per heavy atom. The molecule has 0 bridgehead atoms. The lowest BCUT2D eigenvalue weighted by atomic mass is 9.99. The first-order chi connectivity index (χ1) is 22.4. The number of pyridine rings is 1. The van der Waals surface area contributed by atoms with Crippen molar-refractivity contribution in [2.45, 2.75) is 51.1 Å². The molecular formula is C33H30Cl2F2N8O. The fraction of sp³-hybridized carbons (Fsp3) is 0.303. The second-order valence-electron chi connectivity index (χ2n) is 11.4. The van der Waals surface area contributed by atoms with Gasteiger partial charge in [-0.15, -0.1) is 0 Å². The highest BCUT2D eigenvalue weighted by molar-refractivity contribution is 6.39. The van der Waals surface area contributed by atoms with E-state index < -0.39 is 12.2 Å². The van der Waals surface area contributed by atoms with Crippen LogP contribution < -0.4 is 10.6 Å². The number of piperidine rings is 1. The molecule has 1 amide bonds. The number of amides is 1. The number of fused-ring (bicyclic) bond motifs is 2. The number of carbonyl (C=O) groups excluding carboxylic acids is 1. The van der Waals surface area contributed by atoms with E-state index >= 15 is 0 Å². The van der Waals surface area contributed by atoms with E-state index in [1.54, 1.807) is 48.5 Å². The summed E-state index contributed by atoms with van der Waals surface area (Å²) in [5, 5.41) is 11.2. The van der Waals surface area contributed by atoms with Crippen LogP contribution in [0.2, 0.25) is 10.0 Å². The molecule has 0 aliphatic carbocycles. The minimum absolute atomic E-state index is 0.0948. The van der Waals surface area contributed by atoms with Crippen LogP contribution in [-0.2, 0) is 6.54 Å². The molecule has 236 valence electrons. The highest BCUT2D eigenvalue weighted by atomic mass is 35.5. The lowest BCUT2D eigenvalue weighted by Crippen LogP contribution is -2.36. The van der Waals surface area contributed by atoms with Gasteiger partial charge in [-0.3, -0.25) is 19.4 Å². The van der Waals surface area contributed by atoms with Gasteiger partial charge in [0.1, 0.15) is 5.52 Å². The topological polar surface area (TPSA) is 101 Å². The zero-order chi connectivity index (χ0) is 31.8. The number of halogens is 4. The summed E-state index contributed by atoms with van der Waals surface area (Å²) >= 11 is 13.8. The molecule has 2 aliphatic heterocycles. The third-order valence-electron chi connectivity index (χ3n) is 8.52. The first-order valence-electron chi connectivity index (χ1n) is 15.3. The Labute approximate surface area is 274 Å². The minimum Gasteiger partial charge on any atom is -0.337 e. The number of rotatable bonds is 7. The van der Waals surface area contributed by atoms with E-state index in [1.165, 1.54) is 25.5 Å². The predicted octanol–water partition coefficient (Wildman–Crippen LogP) is 8.45. The molecular weight excluding hydrogens is 633 g/mol. The van der Waals surface area contributed by atoms with Crippen molar-refractivity contribution in [3.8, 4) is 11.1 Å². The third-order valence-corrected chi connectivity index (χ3v) is 9.33. The van der Waals surface area contributed by atoms with Gasteiger partial charge in [0.25, 0.3) is 12.3 Å². The molecule has 1 saturated heterocycles. The van der Waals surface area contributed by atoms with Crippen LogP contribution >= 0.6 is 23.2 Å². The highest BCUT2D eigenvalue weighted by Gasteiger charge is 2.30. The van der Waals surface area contributed by atoms with Crippen LogP contribution in [0.15, 0.2) is 60.8 Å². The minimum atomic E-state index is -2.87. The molecule has 2 aromatic carbocycles. The molecule has 0 spiro atoms. The van der Waals surface area contributed by atoms with E-state index in [2.05, 4.69) is 35.6 Å². The zero-order valence-corrected chi connectivity index (χ0v) is 26.2. The van der Waals surface area contributed by atoms with Gasteiger partial charge >= 0.3 is 0 Å². The van der Waals surface area contributed by atoms with Gasteiger partial charge in [0.15, 0.2) is 17.3 Å². The van der Waals surface area contributed by atoms with E-state index in [0.29, 0.717) is 38.7 Å². The van der Waals surface area contributed by atoms with Gasteiger partial charge in [0.2, 0.25) is 0 Å². The normalized spacial score (nSPS) is 16.8. The molecule has 0 unspecified atom stereocenters. The van der Waals surface area contributed by atoms with Crippen LogP contribution in [0.5, 0.6) is 0 Å². The number of benzene rings is 2. The third kappa shape index (κ3) is 5.90. The summed E-state index contributed by atoms with van der Waals surface area (Å²) in [5.41, 5.74) is 3.97. The number of likely N-dealkylation sites (tertiary alicyclic amines) is 1. The summed E-state index contributed by atoms with van der Waals surface area (Å²) in [7, 11) is 0. The molecule has 46 heavy (non-hydrogen) atoms. The summed E-state index contributed by atoms with van der Waals surface area (Å²) in [6.07, 6.45) is 4.41. The van der Waals surface area contributed by atoms with Gasteiger partial charge in [0.05, 0.1) is 38.7 Å². The van der Waals surface area contributed by atoms with Crippen molar-refractivity contribution in [1.29, 1.82) is 0 Å². The molecule has 1 atom stereocenters. The van der Waals surface area contributed by atoms with Gasteiger partial charge in [-0.05, 0) is 69.1 Å². The largest absolute Gasteiger partial charge is 0.337 e. The van der Waals surface area contributed by atoms with Gasteiger partial charge in [-0.2, -0.15) is 5.10 Å². The number of nitrogens with zero attached hydrogens (tertiary/aromatic N) is 6. The molecule has 5 heterocycles. The molecule has 0 saturated carbocycles. The monoisotopic (exact) mass is 662 g/mol. The molecule has 2 N–H and O–H groups in total. The highest BCUT2D eigenvalue weighted by Crippen LogP contribution is 2.41. The van der Waals surface area contributed by atoms with Crippen LogP contribution in [0.4, 0.5) is 26.0 Å². The molecule has 7 rings (SSSR count). The molecule has 13 heteroatoms. The van der Waals surface area contributed by atoms with Gasteiger partial charge in [-0.1, -0.05) is 53.9 Å². The number of anilines is 3. The van der Waals surface area contributed by atoms with Crippen molar-refractivity contribution >= 4 is 57.3 Å². The smallest absolute Gasteiger partial charge is 0.297 e. The van der Waals surface area contributed by atoms with Crippen molar-refractivity contribution in [2.75, 3.05) is 23.7 Å². The van der Waals surface area contributed by atoms with Crippen LogP contribution in [0.25, 0.3) is 22.2 Å². The number of aryl methyl sites for hydroxylation is 1. The zero-order valence-electron chi connectivity index (χ0n) is 24.7. The second-order valence-corrected chi connectivity index (χ2v) is 12.2. The Kier molecular flexibility index (Phi) is 8.54. The van der Waals surface area contributed by atoms with Crippen molar-refractivity contribution in [1.82, 2.24) is 29.6 Å². The maximum atomic E-state index is 13.6. The van der Waals surface area contributed by atoms with Crippen LogP contribution in [0.1, 0.15) is 66.6 Å². The summed E-state index contributed by atoms with van der Waals surface area (Å²) in [6.45, 7) is 2.93. The number of carbonyl (C=O) groups is 1. The molecule has 3 aromatic heterocycles. The first-order valence-corrected chi connectivity index (χ1v) is 16.0. The fourth-order valence-electron chi connectivity index (χ4n) is 6.33. The number of hydrogen-bond acceptors (Lipinski definition) is 7. The Hall–Kier alpha value is -4.19. The van der Waals surface area contributed by atoms with E-state index in [9.17, 15) is 13.6 Å². The van der Waals surface area contributed by atoms with Crippen LogP contribution in [-0.4, -0.2) is 48.6 Å². The maximum Gasteiger partial charge on any atom is 0.297 e. The Bertz CT molecular complexity index is 1930. The van der Waals surface area contributed by atoms with Crippen molar-refractivity contribution < 1.29 is 13.6 Å². The lowest BCUT2D eigenvalue weighted by Gasteiger charge is -2.36. The molecule has 1 fully saturated rings. The van der Waals surface area contributed by atoms with E-state index in [1.807, 2.05) is 10.7 Å². The van der Waals surface area contributed by atoms with E-state index in [-0.39, 0.29) is 28.3 Å². The van der Waals surface area contributed by atoms with Crippen molar-refractivity contribution in [3.63, 3.8) is 0 Å². The quantitative estimate of drug-likeness (QED) is 0.180. The summed E-state index contributed by atoms with van der Waals surface area (Å²) in [4.78, 5) is 28.2. The average Bonchev–Trinajstić information content (AvgIpc) is 3.52. The van der Waals surface area contributed by atoms with Crippen LogP contribution in [0, 0.1) is 0 Å². The predicted molar refractivity (Wildman–Crippen MR) is 175 cm³/mol. The van der Waals surface area contributed by atoms with E-state index in [4.69, 9.17) is 23.2 Å². The summed E-state index contributed by atoms with van der Waals surface area (Å²) in [5.74, 6) is -0.877. The number of nitrogens with one attached hydrogen (secondary N) is 2. The maximum absolute atomic E-state index is 13.6. The van der Waals surface area contributed by atoms with Gasteiger partial charge in [-0.25, -0.2) is 18.7 Å². The molecule has 5 aromatic rings. The molecule has 0 radical (unpaired) electrons.